The molecule has 1 aromatic carbocycles. The molecule has 0 bridgehead atoms. The molecule has 0 saturated heterocycles. The fourth-order valence-corrected chi connectivity index (χ4v) is 1.90. The van der Waals surface area contributed by atoms with Crippen LogP contribution in [0.15, 0.2) is 40.4 Å². The first-order valence-corrected chi connectivity index (χ1v) is 6.10. The number of nitrogens with zero attached hydrogens (tertiary/aromatic N) is 1. The van der Waals surface area contributed by atoms with E-state index >= 15 is 0 Å². The van der Waals surface area contributed by atoms with Gasteiger partial charge in [-0.3, -0.25) is 4.90 Å². The van der Waals surface area contributed by atoms with Crippen LogP contribution < -0.4 is 0 Å². The molecule has 92 valence electrons. The van der Waals surface area contributed by atoms with Gasteiger partial charge in [-0.1, -0.05) is 33.6 Å². The van der Waals surface area contributed by atoms with Crippen LogP contribution in [0.25, 0.3) is 0 Å². The van der Waals surface area contributed by atoms with E-state index in [9.17, 15) is 4.79 Å². The summed E-state index contributed by atoms with van der Waals surface area (Å²) < 4.78 is 1.06. The molecule has 3 nitrogen and oxygen atoms in total. The molecule has 1 rings (SSSR count). The highest BCUT2D eigenvalue weighted by molar-refractivity contribution is 9.10. The number of halogens is 1. The first-order valence-electron chi connectivity index (χ1n) is 5.30. The van der Waals surface area contributed by atoms with Crippen molar-refractivity contribution in [3.05, 3.63) is 46.0 Å². The fourth-order valence-electron chi connectivity index (χ4n) is 1.64. The molecular weight excluding hydrogens is 282 g/mol. The SMILES string of the molecule is CC(=CC(=O)O)CN(C)Cc1ccc(Br)cc1. The minimum atomic E-state index is -0.889. The van der Waals surface area contributed by atoms with Gasteiger partial charge >= 0.3 is 5.97 Å². The third-order valence-corrected chi connectivity index (χ3v) is 2.78. The predicted molar refractivity (Wildman–Crippen MR) is 71.9 cm³/mol. The van der Waals surface area contributed by atoms with Crippen LogP contribution in [0.5, 0.6) is 0 Å². The molecule has 0 spiro atoms. The van der Waals surface area contributed by atoms with E-state index in [1.54, 1.807) is 0 Å². The summed E-state index contributed by atoms with van der Waals surface area (Å²) in [5, 5.41) is 8.62. The van der Waals surface area contributed by atoms with E-state index in [1.807, 2.05) is 26.1 Å². The summed E-state index contributed by atoms with van der Waals surface area (Å²) in [5.74, 6) is -0.889. The van der Waals surface area contributed by atoms with Gasteiger partial charge in [0.15, 0.2) is 0 Å². The van der Waals surface area contributed by atoms with Gasteiger partial charge in [0.2, 0.25) is 0 Å². The van der Waals surface area contributed by atoms with Crippen LogP contribution in [0, 0.1) is 0 Å². The second-order valence-electron chi connectivity index (χ2n) is 4.13. The highest BCUT2D eigenvalue weighted by atomic mass is 79.9. The van der Waals surface area contributed by atoms with Gasteiger partial charge < -0.3 is 5.11 Å². The van der Waals surface area contributed by atoms with Gasteiger partial charge in [0.25, 0.3) is 0 Å². The second-order valence-corrected chi connectivity index (χ2v) is 5.04. The Hall–Kier alpha value is -1.13. The van der Waals surface area contributed by atoms with Gasteiger partial charge in [-0.2, -0.15) is 0 Å². The molecule has 0 atom stereocenters. The standard InChI is InChI=1S/C13H16BrNO2/c1-10(7-13(16)17)8-15(2)9-11-3-5-12(14)6-4-11/h3-7H,8-9H2,1-2H3,(H,16,17). The van der Waals surface area contributed by atoms with Gasteiger partial charge in [0.05, 0.1) is 0 Å². The van der Waals surface area contributed by atoms with E-state index < -0.39 is 5.97 Å². The maximum absolute atomic E-state index is 10.5. The highest BCUT2D eigenvalue weighted by Crippen LogP contribution is 2.12. The van der Waals surface area contributed by atoms with Crippen LogP contribution in [-0.2, 0) is 11.3 Å². The zero-order valence-electron chi connectivity index (χ0n) is 9.98. The van der Waals surface area contributed by atoms with E-state index in [0.717, 1.165) is 16.6 Å². The van der Waals surface area contributed by atoms with Gasteiger partial charge in [0, 0.05) is 23.6 Å². The van der Waals surface area contributed by atoms with Crippen molar-refractivity contribution >= 4 is 21.9 Å². The molecular formula is C13H16BrNO2. The Morgan fingerprint density at radius 2 is 2.00 bits per heavy atom. The summed E-state index contributed by atoms with van der Waals surface area (Å²) in [6, 6.07) is 8.11. The van der Waals surface area contributed by atoms with E-state index in [4.69, 9.17) is 5.11 Å². The molecule has 0 radical (unpaired) electrons. The Morgan fingerprint density at radius 3 is 2.53 bits per heavy atom. The normalized spacial score (nSPS) is 11.9. The highest BCUT2D eigenvalue weighted by Gasteiger charge is 2.02. The quantitative estimate of drug-likeness (QED) is 0.850. The number of rotatable bonds is 5. The molecule has 0 aliphatic heterocycles. The predicted octanol–water partition coefficient (Wildman–Crippen LogP) is 2.91. The topological polar surface area (TPSA) is 40.5 Å². The lowest BCUT2D eigenvalue weighted by molar-refractivity contribution is -0.131. The number of likely N-dealkylation sites (N-methyl/N-ethyl adjacent to an activating group) is 1. The lowest BCUT2D eigenvalue weighted by Crippen LogP contribution is -2.20. The third-order valence-electron chi connectivity index (χ3n) is 2.25. The summed E-state index contributed by atoms with van der Waals surface area (Å²) in [4.78, 5) is 12.6. The zero-order chi connectivity index (χ0) is 12.8. The Balaban J connectivity index is 2.52. The van der Waals surface area contributed by atoms with Gasteiger partial charge in [-0.25, -0.2) is 4.79 Å². The number of aliphatic carboxylic acids is 1. The second kappa shape index (κ2) is 6.57. The molecule has 0 aliphatic rings. The number of carbonyl (C=O) groups is 1. The fraction of sp³-hybridized carbons (Fsp3) is 0.308. The minimum Gasteiger partial charge on any atom is -0.478 e. The van der Waals surface area contributed by atoms with Crippen molar-refractivity contribution in [3.8, 4) is 0 Å². The number of carboxylic acids is 1. The zero-order valence-corrected chi connectivity index (χ0v) is 11.6. The maximum atomic E-state index is 10.5. The van der Waals surface area contributed by atoms with Gasteiger partial charge in [-0.05, 0) is 31.7 Å². The first kappa shape index (κ1) is 13.9. The summed E-state index contributed by atoms with van der Waals surface area (Å²) in [5.41, 5.74) is 2.05. The molecule has 4 heteroatoms. The van der Waals surface area contributed by atoms with Crippen LogP contribution in [0.2, 0.25) is 0 Å². The molecule has 0 unspecified atom stereocenters. The number of hydrogen-bond acceptors (Lipinski definition) is 2. The average Bonchev–Trinajstić information content (AvgIpc) is 2.19. The Kier molecular flexibility index (Phi) is 5.38. The molecule has 17 heavy (non-hydrogen) atoms. The molecule has 1 aromatic rings. The van der Waals surface area contributed by atoms with Crippen LogP contribution in [-0.4, -0.2) is 29.6 Å². The van der Waals surface area contributed by atoms with Crippen molar-refractivity contribution in [2.24, 2.45) is 0 Å². The summed E-state index contributed by atoms with van der Waals surface area (Å²) in [6.45, 7) is 3.28. The van der Waals surface area contributed by atoms with E-state index in [-0.39, 0.29) is 0 Å². The van der Waals surface area contributed by atoms with Crippen molar-refractivity contribution in [1.82, 2.24) is 4.90 Å². The minimum absolute atomic E-state index is 0.655. The van der Waals surface area contributed by atoms with Crippen molar-refractivity contribution in [1.29, 1.82) is 0 Å². The van der Waals surface area contributed by atoms with Crippen molar-refractivity contribution in [3.63, 3.8) is 0 Å². The Labute approximate surface area is 110 Å². The molecule has 0 saturated carbocycles. The monoisotopic (exact) mass is 297 g/mol. The van der Waals surface area contributed by atoms with Gasteiger partial charge in [0.1, 0.15) is 0 Å². The van der Waals surface area contributed by atoms with E-state index in [2.05, 4.69) is 33.0 Å². The van der Waals surface area contributed by atoms with E-state index in [1.165, 1.54) is 11.6 Å². The molecule has 0 amide bonds. The largest absolute Gasteiger partial charge is 0.478 e. The Bertz CT molecular complexity index is 412. The Morgan fingerprint density at radius 1 is 1.41 bits per heavy atom. The van der Waals surface area contributed by atoms with Crippen LogP contribution in [0.3, 0.4) is 0 Å². The molecule has 0 aliphatic carbocycles. The number of hydrogen-bond donors (Lipinski definition) is 1. The van der Waals surface area contributed by atoms with Crippen LogP contribution >= 0.6 is 15.9 Å². The van der Waals surface area contributed by atoms with Crippen molar-refractivity contribution in [2.45, 2.75) is 13.5 Å². The average molecular weight is 298 g/mol. The van der Waals surface area contributed by atoms with Crippen LogP contribution in [0.1, 0.15) is 12.5 Å². The van der Waals surface area contributed by atoms with Crippen LogP contribution in [0.4, 0.5) is 0 Å². The van der Waals surface area contributed by atoms with Crippen molar-refractivity contribution < 1.29 is 9.90 Å². The summed E-state index contributed by atoms with van der Waals surface area (Å²) in [6.07, 6.45) is 1.25. The number of carboxylic acid groups (broad SMARTS) is 1. The summed E-state index contributed by atoms with van der Waals surface area (Å²) >= 11 is 3.39. The molecule has 0 aromatic heterocycles. The summed E-state index contributed by atoms with van der Waals surface area (Å²) in [7, 11) is 1.97. The van der Waals surface area contributed by atoms with Gasteiger partial charge in [-0.15, -0.1) is 0 Å². The maximum Gasteiger partial charge on any atom is 0.328 e. The van der Waals surface area contributed by atoms with E-state index in [0.29, 0.717) is 6.54 Å². The molecule has 1 N–H and O–H groups in total. The molecule has 0 heterocycles. The van der Waals surface area contributed by atoms with Crippen molar-refractivity contribution in [2.75, 3.05) is 13.6 Å². The molecule has 0 fully saturated rings. The lowest BCUT2D eigenvalue weighted by atomic mass is 10.2. The first-order chi connectivity index (χ1) is 7.97. The third kappa shape index (κ3) is 5.65. The lowest BCUT2D eigenvalue weighted by Gasteiger charge is -2.16. The number of benzene rings is 1. The smallest absolute Gasteiger partial charge is 0.328 e.